The molecule has 0 aromatic heterocycles. The first-order chi connectivity index (χ1) is 6.02. The molecule has 72 valence electrons. The van der Waals surface area contributed by atoms with Crippen molar-refractivity contribution in [3.8, 4) is 5.75 Å². The summed E-state index contributed by atoms with van der Waals surface area (Å²) in [5.41, 5.74) is 6.08. The molecule has 1 aromatic rings. The second-order valence-electron chi connectivity index (χ2n) is 2.98. The van der Waals surface area contributed by atoms with Gasteiger partial charge in [-0.2, -0.15) is 0 Å². The predicted molar refractivity (Wildman–Crippen MR) is 46.7 cm³/mol. The van der Waals surface area contributed by atoms with Crippen LogP contribution in [0.4, 0.5) is 4.39 Å². The number of benzene rings is 1. The van der Waals surface area contributed by atoms with Gasteiger partial charge in [-0.1, -0.05) is 6.07 Å². The van der Waals surface area contributed by atoms with Crippen LogP contribution >= 0.6 is 0 Å². The highest BCUT2D eigenvalue weighted by Crippen LogP contribution is 2.21. The monoisotopic (exact) mass is 185 g/mol. The van der Waals surface area contributed by atoms with Gasteiger partial charge in [0.2, 0.25) is 0 Å². The van der Waals surface area contributed by atoms with Crippen molar-refractivity contribution in [3.63, 3.8) is 0 Å². The average molecular weight is 185 g/mol. The van der Waals surface area contributed by atoms with E-state index in [1.165, 1.54) is 19.1 Å². The van der Waals surface area contributed by atoms with Gasteiger partial charge in [-0.3, -0.25) is 0 Å². The number of aliphatic hydroxyl groups is 1. The molecule has 13 heavy (non-hydrogen) atoms. The maximum Gasteiger partial charge on any atom is 0.164 e. The summed E-state index contributed by atoms with van der Waals surface area (Å²) < 4.78 is 12.6. The van der Waals surface area contributed by atoms with E-state index in [2.05, 4.69) is 0 Å². The molecular weight excluding hydrogens is 173 g/mol. The van der Waals surface area contributed by atoms with Crippen LogP contribution in [0, 0.1) is 5.82 Å². The third-order valence-electron chi connectivity index (χ3n) is 1.87. The summed E-state index contributed by atoms with van der Waals surface area (Å²) in [6.45, 7) is 1.53. The SMILES string of the molecule is CC(O)[C@@H](N)c1ccc(F)c(O)c1. The summed E-state index contributed by atoms with van der Waals surface area (Å²) in [4.78, 5) is 0. The smallest absolute Gasteiger partial charge is 0.164 e. The Kier molecular flexibility index (Phi) is 2.85. The highest BCUT2D eigenvalue weighted by atomic mass is 19.1. The highest BCUT2D eigenvalue weighted by Gasteiger charge is 2.13. The topological polar surface area (TPSA) is 66.5 Å². The van der Waals surface area contributed by atoms with E-state index >= 15 is 0 Å². The van der Waals surface area contributed by atoms with Crippen LogP contribution in [0.2, 0.25) is 0 Å². The minimum Gasteiger partial charge on any atom is -0.505 e. The molecule has 0 aliphatic carbocycles. The van der Waals surface area contributed by atoms with Crippen LogP contribution in [-0.4, -0.2) is 16.3 Å². The first-order valence-electron chi connectivity index (χ1n) is 3.94. The summed E-state index contributed by atoms with van der Waals surface area (Å²) >= 11 is 0. The summed E-state index contributed by atoms with van der Waals surface area (Å²) in [6.07, 6.45) is -0.732. The van der Waals surface area contributed by atoms with Crippen LogP contribution in [0.3, 0.4) is 0 Å². The average Bonchev–Trinajstić information content (AvgIpc) is 2.08. The second-order valence-corrected chi connectivity index (χ2v) is 2.98. The van der Waals surface area contributed by atoms with Gasteiger partial charge >= 0.3 is 0 Å². The fourth-order valence-electron chi connectivity index (χ4n) is 1.02. The molecular formula is C9H12FNO2. The molecule has 0 radical (unpaired) electrons. The third kappa shape index (κ3) is 2.17. The Balaban J connectivity index is 2.97. The van der Waals surface area contributed by atoms with Crippen molar-refractivity contribution in [2.45, 2.75) is 19.1 Å². The molecule has 0 saturated carbocycles. The Bertz CT molecular complexity index is 302. The fraction of sp³-hybridized carbons (Fsp3) is 0.333. The third-order valence-corrected chi connectivity index (χ3v) is 1.87. The second kappa shape index (κ2) is 3.72. The van der Waals surface area contributed by atoms with E-state index in [9.17, 15) is 4.39 Å². The molecule has 1 aromatic carbocycles. The van der Waals surface area contributed by atoms with Crippen molar-refractivity contribution in [1.82, 2.24) is 0 Å². The van der Waals surface area contributed by atoms with Crippen LogP contribution in [0.5, 0.6) is 5.75 Å². The molecule has 4 heteroatoms. The maximum absolute atomic E-state index is 12.6. The minimum atomic E-state index is -0.732. The van der Waals surface area contributed by atoms with E-state index in [1.54, 1.807) is 0 Å². The normalized spacial score (nSPS) is 15.4. The highest BCUT2D eigenvalue weighted by molar-refractivity contribution is 5.31. The van der Waals surface area contributed by atoms with Gasteiger partial charge in [-0.05, 0) is 24.6 Å². The molecule has 0 heterocycles. The van der Waals surface area contributed by atoms with Crippen LogP contribution in [0.25, 0.3) is 0 Å². The summed E-state index contributed by atoms with van der Waals surface area (Å²) in [6, 6.07) is 3.16. The van der Waals surface area contributed by atoms with Crippen molar-refractivity contribution in [1.29, 1.82) is 0 Å². The van der Waals surface area contributed by atoms with E-state index in [1.807, 2.05) is 0 Å². The van der Waals surface area contributed by atoms with Crippen molar-refractivity contribution in [3.05, 3.63) is 29.6 Å². The van der Waals surface area contributed by atoms with Gasteiger partial charge in [0, 0.05) is 0 Å². The van der Waals surface area contributed by atoms with Crippen LogP contribution in [0.1, 0.15) is 18.5 Å². The van der Waals surface area contributed by atoms with E-state index in [0.29, 0.717) is 5.56 Å². The number of aliphatic hydroxyl groups excluding tert-OH is 1. The number of nitrogens with two attached hydrogens (primary N) is 1. The van der Waals surface area contributed by atoms with Gasteiger partial charge in [0.1, 0.15) is 0 Å². The van der Waals surface area contributed by atoms with Crippen LogP contribution in [-0.2, 0) is 0 Å². The summed E-state index contributed by atoms with van der Waals surface area (Å²) in [7, 11) is 0. The van der Waals surface area contributed by atoms with E-state index in [4.69, 9.17) is 15.9 Å². The lowest BCUT2D eigenvalue weighted by atomic mass is 10.0. The number of rotatable bonds is 2. The van der Waals surface area contributed by atoms with Crippen molar-refractivity contribution >= 4 is 0 Å². The van der Waals surface area contributed by atoms with E-state index < -0.39 is 23.7 Å². The molecule has 0 aliphatic heterocycles. The lowest BCUT2D eigenvalue weighted by Gasteiger charge is -2.15. The van der Waals surface area contributed by atoms with E-state index in [0.717, 1.165) is 6.07 Å². The van der Waals surface area contributed by atoms with Crippen LogP contribution in [0.15, 0.2) is 18.2 Å². The van der Waals surface area contributed by atoms with Crippen molar-refractivity contribution < 1.29 is 14.6 Å². The molecule has 0 spiro atoms. The molecule has 0 aliphatic rings. The Morgan fingerprint density at radius 1 is 1.46 bits per heavy atom. The van der Waals surface area contributed by atoms with Gasteiger partial charge < -0.3 is 15.9 Å². The zero-order chi connectivity index (χ0) is 10.0. The predicted octanol–water partition coefficient (Wildman–Crippen LogP) is 0.912. The zero-order valence-electron chi connectivity index (χ0n) is 7.24. The molecule has 2 atom stereocenters. The number of hydrogen-bond acceptors (Lipinski definition) is 3. The zero-order valence-corrected chi connectivity index (χ0v) is 7.24. The lowest BCUT2D eigenvalue weighted by Crippen LogP contribution is -2.23. The van der Waals surface area contributed by atoms with Gasteiger partial charge in [0.15, 0.2) is 11.6 Å². The van der Waals surface area contributed by atoms with Crippen molar-refractivity contribution in [2.75, 3.05) is 0 Å². The lowest BCUT2D eigenvalue weighted by molar-refractivity contribution is 0.164. The quantitative estimate of drug-likeness (QED) is 0.641. The molecule has 0 bridgehead atoms. The number of phenols is 1. The number of halogens is 1. The molecule has 0 fully saturated rings. The molecule has 1 rings (SSSR count). The first-order valence-corrected chi connectivity index (χ1v) is 3.94. The van der Waals surface area contributed by atoms with Gasteiger partial charge in [0.25, 0.3) is 0 Å². The Morgan fingerprint density at radius 2 is 2.08 bits per heavy atom. The maximum atomic E-state index is 12.6. The largest absolute Gasteiger partial charge is 0.505 e. The standard InChI is InChI=1S/C9H12FNO2/c1-5(12)9(11)6-2-3-7(10)8(13)4-6/h2-5,9,12-13H,11H2,1H3/t5?,9-/m1/s1. The van der Waals surface area contributed by atoms with Crippen molar-refractivity contribution in [2.24, 2.45) is 5.73 Å². The number of phenolic OH excluding ortho intramolecular Hbond substituents is 1. The Hall–Kier alpha value is -1.13. The van der Waals surface area contributed by atoms with Gasteiger partial charge in [-0.25, -0.2) is 4.39 Å². The number of hydrogen-bond donors (Lipinski definition) is 3. The number of aromatic hydroxyl groups is 1. The molecule has 0 saturated heterocycles. The van der Waals surface area contributed by atoms with E-state index in [-0.39, 0.29) is 0 Å². The van der Waals surface area contributed by atoms with Gasteiger partial charge in [0.05, 0.1) is 12.1 Å². The molecule has 4 N–H and O–H groups in total. The molecule has 0 amide bonds. The van der Waals surface area contributed by atoms with Crippen LogP contribution < -0.4 is 5.73 Å². The minimum absolute atomic E-state index is 0.450. The summed E-state index contributed by atoms with van der Waals surface area (Å²) in [5.74, 6) is -1.14. The molecule has 3 nitrogen and oxygen atoms in total. The van der Waals surface area contributed by atoms with Gasteiger partial charge in [-0.15, -0.1) is 0 Å². The molecule has 1 unspecified atom stereocenters. The Morgan fingerprint density at radius 3 is 2.54 bits per heavy atom. The summed E-state index contributed by atoms with van der Waals surface area (Å²) in [5, 5.41) is 18.2. The Labute approximate surface area is 75.6 Å². The fourth-order valence-corrected chi connectivity index (χ4v) is 1.02. The first kappa shape index (κ1) is 9.95.